The maximum absolute atomic E-state index is 11.5. The third-order valence-corrected chi connectivity index (χ3v) is 4.19. The summed E-state index contributed by atoms with van der Waals surface area (Å²) in [5.41, 5.74) is 7.40. The van der Waals surface area contributed by atoms with Crippen LogP contribution in [0, 0.1) is 0 Å². The molecule has 0 unspecified atom stereocenters. The largest absolute Gasteiger partial charge is 0.399 e. The van der Waals surface area contributed by atoms with Crippen molar-refractivity contribution in [3.8, 4) is 0 Å². The highest BCUT2D eigenvalue weighted by molar-refractivity contribution is 9.10. The molecule has 0 bridgehead atoms. The molecule has 106 valence electrons. The van der Waals surface area contributed by atoms with Crippen molar-refractivity contribution in [3.63, 3.8) is 0 Å². The number of nitrogens with one attached hydrogen (secondary N) is 1. The Hall–Kier alpha value is -1.57. The molecule has 2 aromatic rings. The lowest BCUT2D eigenvalue weighted by Crippen LogP contribution is -2.15. The monoisotopic (exact) mass is 355 g/mol. The minimum atomic E-state index is -3.82. The predicted molar refractivity (Wildman–Crippen MR) is 83.7 cm³/mol. The molecule has 7 heteroatoms. The number of nitrogens with two attached hydrogens (primary N) is 2. The van der Waals surface area contributed by atoms with Crippen LogP contribution in [0.25, 0.3) is 0 Å². The number of sulfonamides is 1. The molecule has 0 saturated heterocycles. The zero-order valence-corrected chi connectivity index (χ0v) is 12.9. The fraction of sp³-hybridized carbons (Fsp3) is 0.0769. The zero-order chi connectivity index (χ0) is 14.8. The van der Waals surface area contributed by atoms with Gasteiger partial charge in [-0.05, 0) is 35.9 Å². The van der Waals surface area contributed by atoms with E-state index in [1.54, 1.807) is 12.1 Å². The van der Waals surface area contributed by atoms with Crippen LogP contribution in [-0.4, -0.2) is 8.42 Å². The van der Waals surface area contributed by atoms with Gasteiger partial charge in [0.2, 0.25) is 10.0 Å². The summed E-state index contributed by atoms with van der Waals surface area (Å²) in [4.78, 5) is -0.00499. The van der Waals surface area contributed by atoms with Gasteiger partial charge in [0.15, 0.2) is 0 Å². The maximum atomic E-state index is 11.5. The molecule has 0 radical (unpaired) electrons. The van der Waals surface area contributed by atoms with Crippen LogP contribution >= 0.6 is 15.9 Å². The second-order valence-electron chi connectivity index (χ2n) is 4.28. The van der Waals surface area contributed by atoms with E-state index in [0.717, 1.165) is 10.0 Å². The summed E-state index contributed by atoms with van der Waals surface area (Å²) in [5, 5.41) is 8.24. The van der Waals surface area contributed by atoms with E-state index in [-0.39, 0.29) is 4.90 Å². The van der Waals surface area contributed by atoms with Crippen LogP contribution in [0.5, 0.6) is 0 Å². The Bertz CT molecular complexity index is 715. The molecule has 0 atom stereocenters. The van der Waals surface area contributed by atoms with Gasteiger partial charge >= 0.3 is 0 Å². The molecular weight excluding hydrogens is 342 g/mol. The van der Waals surface area contributed by atoms with Crippen LogP contribution in [0.15, 0.2) is 51.8 Å². The summed E-state index contributed by atoms with van der Waals surface area (Å²) in [7, 11) is -3.82. The smallest absolute Gasteiger partial charge is 0.240 e. The lowest BCUT2D eigenvalue weighted by Gasteiger charge is -2.11. The summed E-state index contributed by atoms with van der Waals surface area (Å²) < 4.78 is 24.1. The molecule has 0 aliphatic heterocycles. The van der Waals surface area contributed by atoms with Crippen molar-refractivity contribution in [1.29, 1.82) is 0 Å². The average Bonchev–Trinajstić information content (AvgIpc) is 2.38. The highest BCUT2D eigenvalue weighted by atomic mass is 79.9. The number of rotatable bonds is 4. The van der Waals surface area contributed by atoms with E-state index in [0.29, 0.717) is 17.9 Å². The molecule has 0 fully saturated rings. The summed E-state index contributed by atoms with van der Waals surface area (Å²) >= 11 is 3.36. The Morgan fingerprint density at radius 3 is 2.35 bits per heavy atom. The molecular formula is C13H14BrN3O2S. The first-order valence-electron chi connectivity index (χ1n) is 5.77. The number of hydrogen-bond donors (Lipinski definition) is 3. The van der Waals surface area contributed by atoms with Gasteiger partial charge in [0, 0.05) is 16.7 Å². The summed E-state index contributed by atoms with van der Waals surface area (Å²) in [6.07, 6.45) is 0. The normalized spacial score (nSPS) is 11.3. The Balaban J connectivity index is 2.23. The second-order valence-corrected chi connectivity index (χ2v) is 6.73. The molecule has 2 rings (SSSR count). The maximum Gasteiger partial charge on any atom is 0.240 e. The van der Waals surface area contributed by atoms with E-state index < -0.39 is 10.0 Å². The number of primary sulfonamides is 1. The highest BCUT2D eigenvalue weighted by Gasteiger charge is 2.14. The van der Waals surface area contributed by atoms with E-state index >= 15 is 0 Å². The molecule has 2 aromatic carbocycles. The van der Waals surface area contributed by atoms with Gasteiger partial charge in [-0.3, -0.25) is 0 Å². The lowest BCUT2D eigenvalue weighted by molar-refractivity contribution is 0.598. The highest BCUT2D eigenvalue weighted by Crippen LogP contribution is 2.23. The summed E-state index contributed by atoms with van der Waals surface area (Å²) in [6, 6.07) is 12.3. The molecule has 0 amide bonds. The predicted octanol–water partition coefficient (Wildman–Crippen LogP) is 2.29. The molecule has 0 aromatic heterocycles. The van der Waals surface area contributed by atoms with E-state index in [4.69, 9.17) is 10.9 Å². The topological polar surface area (TPSA) is 98.2 Å². The number of benzene rings is 2. The van der Waals surface area contributed by atoms with Crippen LogP contribution in [0.4, 0.5) is 11.4 Å². The van der Waals surface area contributed by atoms with E-state index in [2.05, 4.69) is 21.2 Å². The van der Waals surface area contributed by atoms with Crippen molar-refractivity contribution >= 4 is 37.3 Å². The SMILES string of the molecule is Nc1ccc(NCc2ccc(Br)cc2)c(S(N)(=O)=O)c1. The van der Waals surface area contributed by atoms with Crippen LogP contribution < -0.4 is 16.2 Å². The van der Waals surface area contributed by atoms with Crippen molar-refractivity contribution < 1.29 is 8.42 Å². The average molecular weight is 356 g/mol. The number of hydrogen-bond acceptors (Lipinski definition) is 4. The molecule has 5 N–H and O–H groups in total. The standard InChI is InChI=1S/C13H14BrN3O2S/c14-10-3-1-9(2-4-10)8-17-12-6-5-11(15)7-13(12)20(16,18)19/h1-7,17H,8,15H2,(H2,16,18,19). The Kier molecular flexibility index (Phi) is 4.32. The van der Waals surface area contributed by atoms with Gasteiger partial charge in [0.1, 0.15) is 4.90 Å². The quantitative estimate of drug-likeness (QED) is 0.732. The van der Waals surface area contributed by atoms with Crippen LogP contribution in [0.2, 0.25) is 0 Å². The van der Waals surface area contributed by atoms with Gasteiger partial charge in [0.25, 0.3) is 0 Å². The van der Waals surface area contributed by atoms with E-state index in [1.165, 1.54) is 6.07 Å². The first-order valence-corrected chi connectivity index (χ1v) is 8.11. The van der Waals surface area contributed by atoms with Crippen molar-refractivity contribution in [1.82, 2.24) is 0 Å². The molecule has 0 aliphatic carbocycles. The minimum Gasteiger partial charge on any atom is -0.399 e. The van der Waals surface area contributed by atoms with Gasteiger partial charge in [-0.1, -0.05) is 28.1 Å². The molecule has 0 aliphatic rings. The van der Waals surface area contributed by atoms with Gasteiger partial charge in [-0.15, -0.1) is 0 Å². The van der Waals surface area contributed by atoms with Crippen molar-refractivity contribution in [2.75, 3.05) is 11.1 Å². The lowest BCUT2D eigenvalue weighted by atomic mass is 10.2. The Morgan fingerprint density at radius 2 is 1.75 bits per heavy atom. The fourth-order valence-electron chi connectivity index (χ4n) is 1.72. The number of halogens is 1. The van der Waals surface area contributed by atoms with Crippen LogP contribution in [0.1, 0.15) is 5.56 Å². The van der Waals surface area contributed by atoms with Crippen LogP contribution in [0.3, 0.4) is 0 Å². The number of nitrogen functional groups attached to an aromatic ring is 1. The van der Waals surface area contributed by atoms with Crippen molar-refractivity contribution in [2.45, 2.75) is 11.4 Å². The Morgan fingerprint density at radius 1 is 1.10 bits per heavy atom. The van der Waals surface area contributed by atoms with E-state index in [9.17, 15) is 8.42 Å². The minimum absolute atomic E-state index is 0.00499. The third-order valence-electron chi connectivity index (χ3n) is 2.71. The number of anilines is 2. The Labute approximate surface area is 126 Å². The van der Waals surface area contributed by atoms with Crippen LogP contribution in [-0.2, 0) is 16.6 Å². The van der Waals surface area contributed by atoms with Gasteiger partial charge in [-0.2, -0.15) is 0 Å². The first-order chi connectivity index (χ1) is 9.36. The summed E-state index contributed by atoms with van der Waals surface area (Å²) in [5.74, 6) is 0. The van der Waals surface area contributed by atoms with Gasteiger partial charge in [0.05, 0.1) is 5.69 Å². The van der Waals surface area contributed by atoms with E-state index in [1.807, 2.05) is 24.3 Å². The van der Waals surface area contributed by atoms with Crippen molar-refractivity contribution in [3.05, 3.63) is 52.5 Å². The fourth-order valence-corrected chi connectivity index (χ4v) is 2.73. The zero-order valence-electron chi connectivity index (χ0n) is 10.5. The second kappa shape index (κ2) is 5.82. The summed E-state index contributed by atoms with van der Waals surface area (Å²) in [6.45, 7) is 0.486. The first kappa shape index (κ1) is 14.8. The third kappa shape index (κ3) is 3.72. The molecule has 0 saturated carbocycles. The molecule has 0 heterocycles. The molecule has 0 spiro atoms. The van der Waals surface area contributed by atoms with Crippen molar-refractivity contribution in [2.24, 2.45) is 5.14 Å². The molecule has 20 heavy (non-hydrogen) atoms. The van der Waals surface area contributed by atoms with Gasteiger partial charge < -0.3 is 11.1 Å². The molecule has 5 nitrogen and oxygen atoms in total. The van der Waals surface area contributed by atoms with Gasteiger partial charge in [-0.25, -0.2) is 13.6 Å².